The number of hydrogen-bond acceptors (Lipinski definition) is 4. The van der Waals surface area contributed by atoms with E-state index in [0.29, 0.717) is 24.3 Å². The topological polar surface area (TPSA) is 107 Å². The Bertz CT molecular complexity index is 1450. The molecule has 0 saturated carbocycles. The molecule has 4 rings (SSSR count). The first-order valence-electron chi connectivity index (χ1n) is 12.1. The van der Waals surface area contributed by atoms with Crippen molar-refractivity contribution in [2.24, 2.45) is 12.8 Å². The second-order valence-electron chi connectivity index (χ2n) is 8.96. The SMILES string of the molecule is CCCOc1ccc(-c2ccc(C(N)=O)c(Cl)c2)cc1C(=O)N[C@@H](CO)Cc1cn(C)c2ccccc12. The fraction of sp³-hybridized carbons (Fsp3) is 0.241. The summed E-state index contributed by atoms with van der Waals surface area (Å²) in [6, 6.07) is 17.8. The molecule has 8 heteroatoms. The number of carbonyl (C=O) groups excluding carboxylic acids is 2. The van der Waals surface area contributed by atoms with Gasteiger partial charge in [0.1, 0.15) is 5.75 Å². The van der Waals surface area contributed by atoms with Crippen LogP contribution in [0, 0.1) is 0 Å². The Morgan fingerprint density at radius 3 is 2.51 bits per heavy atom. The first kappa shape index (κ1) is 26.3. The van der Waals surface area contributed by atoms with Crippen LogP contribution in [-0.4, -0.2) is 40.7 Å². The number of aromatic nitrogens is 1. The smallest absolute Gasteiger partial charge is 0.255 e. The van der Waals surface area contributed by atoms with Crippen molar-refractivity contribution in [1.82, 2.24) is 9.88 Å². The number of nitrogens with two attached hydrogens (primary N) is 1. The minimum absolute atomic E-state index is 0.218. The molecule has 7 nitrogen and oxygen atoms in total. The predicted molar refractivity (Wildman–Crippen MR) is 146 cm³/mol. The zero-order valence-corrected chi connectivity index (χ0v) is 21.6. The number of rotatable bonds is 10. The van der Waals surface area contributed by atoms with E-state index >= 15 is 0 Å². The monoisotopic (exact) mass is 519 g/mol. The summed E-state index contributed by atoms with van der Waals surface area (Å²) in [4.78, 5) is 25.0. The second kappa shape index (κ2) is 11.5. The van der Waals surface area contributed by atoms with Crippen LogP contribution in [0.25, 0.3) is 22.0 Å². The Kier molecular flexibility index (Phi) is 8.16. The second-order valence-corrected chi connectivity index (χ2v) is 9.36. The molecule has 0 fully saturated rings. The van der Waals surface area contributed by atoms with Gasteiger partial charge in [0.25, 0.3) is 5.91 Å². The van der Waals surface area contributed by atoms with Gasteiger partial charge in [0.05, 0.1) is 35.4 Å². The van der Waals surface area contributed by atoms with Gasteiger partial charge in [-0.05, 0) is 59.9 Å². The molecule has 1 aromatic heterocycles. The third-order valence-corrected chi connectivity index (χ3v) is 6.57. The lowest BCUT2D eigenvalue weighted by atomic mass is 10.00. The van der Waals surface area contributed by atoms with E-state index in [2.05, 4.69) is 5.32 Å². The van der Waals surface area contributed by atoms with Crippen LogP contribution < -0.4 is 15.8 Å². The predicted octanol–water partition coefficient (Wildman–Crippen LogP) is 4.72. The molecule has 0 aliphatic rings. The lowest BCUT2D eigenvalue weighted by Crippen LogP contribution is -2.39. The minimum atomic E-state index is -0.610. The summed E-state index contributed by atoms with van der Waals surface area (Å²) < 4.78 is 7.89. The maximum Gasteiger partial charge on any atom is 0.255 e. The number of primary amides is 1. The van der Waals surface area contributed by atoms with Gasteiger partial charge in [-0.3, -0.25) is 9.59 Å². The normalized spacial score (nSPS) is 11.9. The van der Waals surface area contributed by atoms with Crippen LogP contribution in [0.3, 0.4) is 0 Å². The largest absolute Gasteiger partial charge is 0.493 e. The van der Waals surface area contributed by atoms with Crippen molar-refractivity contribution >= 4 is 34.3 Å². The third kappa shape index (κ3) is 5.79. The molecule has 3 aromatic carbocycles. The number of benzene rings is 3. The molecule has 0 saturated heterocycles. The summed E-state index contributed by atoms with van der Waals surface area (Å²) >= 11 is 6.25. The zero-order valence-electron chi connectivity index (χ0n) is 20.8. The fourth-order valence-corrected chi connectivity index (χ4v) is 4.67. The van der Waals surface area contributed by atoms with Gasteiger partial charge in [-0.2, -0.15) is 0 Å². The molecular formula is C29H30ClN3O4. The van der Waals surface area contributed by atoms with Crippen LogP contribution >= 0.6 is 11.6 Å². The maximum atomic E-state index is 13.5. The summed E-state index contributed by atoms with van der Waals surface area (Å²) in [5, 5.41) is 14.4. The molecule has 0 aliphatic carbocycles. The number of carbonyl (C=O) groups is 2. The van der Waals surface area contributed by atoms with E-state index in [1.807, 2.05) is 55.1 Å². The van der Waals surface area contributed by atoms with Crippen LogP contribution in [0.4, 0.5) is 0 Å². The van der Waals surface area contributed by atoms with E-state index in [1.54, 1.807) is 30.3 Å². The first-order chi connectivity index (χ1) is 17.8. The Morgan fingerprint density at radius 2 is 1.81 bits per heavy atom. The summed E-state index contributed by atoms with van der Waals surface area (Å²) in [6.07, 6.45) is 3.28. The zero-order chi connectivity index (χ0) is 26.5. The van der Waals surface area contributed by atoms with Crippen LogP contribution in [0.5, 0.6) is 5.75 Å². The van der Waals surface area contributed by atoms with E-state index in [4.69, 9.17) is 22.1 Å². The molecule has 0 bridgehead atoms. The Labute approximate surface area is 220 Å². The number of halogens is 1. The number of ether oxygens (including phenoxy) is 1. The van der Waals surface area contributed by atoms with Gasteiger partial charge in [-0.1, -0.05) is 48.9 Å². The van der Waals surface area contributed by atoms with Gasteiger partial charge < -0.3 is 25.5 Å². The number of nitrogens with zero attached hydrogens (tertiary/aromatic N) is 1. The summed E-state index contributed by atoms with van der Waals surface area (Å²) in [5.41, 5.74) is 9.51. The quantitative estimate of drug-likeness (QED) is 0.282. The van der Waals surface area contributed by atoms with Gasteiger partial charge in [-0.25, -0.2) is 0 Å². The molecule has 4 aromatic rings. The number of aliphatic hydroxyl groups is 1. The summed E-state index contributed by atoms with van der Waals surface area (Å²) in [5.74, 6) is -0.516. The van der Waals surface area contributed by atoms with Crippen molar-refractivity contribution in [3.05, 3.63) is 88.6 Å². The van der Waals surface area contributed by atoms with E-state index in [-0.39, 0.29) is 23.1 Å². The number of aryl methyl sites for hydroxylation is 1. The van der Waals surface area contributed by atoms with Crippen molar-refractivity contribution in [3.63, 3.8) is 0 Å². The van der Waals surface area contributed by atoms with E-state index in [0.717, 1.165) is 34.0 Å². The fourth-order valence-electron chi connectivity index (χ4n) is 4.40. The molecule has 0 radical (unpaired) electrons. The van der Waals surface area contributed by atoms with Gasteiger partial charge in [0.2, 0.25) is 5.91 Å². The Hall–Kier alpha value is -3.81. The number of hydrogen-bond donors (Lipinski definition) is 3. The molecule has 37 heavy (non-hydrogen) atoms. The lowest BCUT2D eigenvalue weighted by molar-refractivity contribution is 0.0911. The standard InChI is InChI=1S/C29H30ClN3O4/c1-3-12-37-27-11-9-18(19-8-10-23(28(31)35)25(30)15-19)14-24(27)29(36)32-21(17-34)13-20-16-33(2)26-7-5-4-6-22(20)26/h4-11,14-16,21,34H,3,12-13,17H2,1-2H3,(H2,31,35)(H,32,36)/t21-/m1/s1. The van der Waals surface area contributed by atoms with Crippen LogP contribution in [-0.2, 0) is 13.5 Å². The molecule has 2 amide bonds. The number of para-hydroxylation sites is 1. The molecule has 192 valence electrons. The summed E-state index contributed by atoms with van der Waals surface area (Å²) in [7, 11) is 1.98. The molecule has 0 spiro atoms. The Balaban J connectivity index is 1.62. The Morgan fingerprint density at radius 1 is 1.08 bits per heavy atom. The molecule has 0 aliphatic heterocycles. The van der Waals surface area contributed by atoms with Gasteiger partial charge in [-0.15, -0.1) is 0 Å². The van der Waals surface area contributed by atoms with Crippen LogP contribution in [0.15, 0.2) is 66.9 Å². The summed E-state index contributed by atoms with van der Waals surface area (Å²) in [6.45, 7) is 2.23. The highest BCUT2D eigenvalue weighted by molar-refractivity contribution is 6.34. The number of amides is 2. The molecular weight excluding hydrogens is 490 g/mol. The molecule has 4 N–H and O–H groups in total. The minimum Gasteiger partial charge on any atom is -0.493 e. The van der Waals surface area contributed by atoms with Crippen molar-refractivity contribution in [2.75, 3.05) is 13.2 Å². The maximum absolute atomic E-state index is 13.5. The van der Waals surface area contributed by atoms with Gasteiger partial charge in [0, 0.05) is 24.1 Å². The van der Waals surface area contributed by atoms with Crippen molar-refractivity contribution in [1.29, 1.82) is 0 Å². The average molecular weight is 520 g/mol. The number of nitrogens with one attached hydrogen (secondary N) is 1. The van der Waals surface area contributed by atoms with Gasteiger partial charge >= 0.3 is 0 Å². The van der Waals surface area contributed by atoms with E-state index in [1.165, 1.54) is 0 Å². The molecule has 1 atom stereocenters. The number of fused-ring (bicyclic) bond motifs is 1. The highest BCUT2D eigenvalue weighted by Crippen LogP contribution is 2.30. The lowest BCUT2D eigenvalue weighted by Gasteiger charge is -2.18. The van der Waals surface area contributed by atoms with Crippen molar-refractivity contribution < 1.29 is 19.4 Å². The van der Waals surface area contributed by atoms with Crippen LogP contribution in [0.2, 0.25) is 5.02 Å². The highest BCUT2D eigenvalue weighted by atomic mass is 35.5. The highest BCUT2D eigenvalue weighted by Gasteiger charge is 2.20. The average Bonchev–Trinajstić information content (AvgIpc) is 3.21. The number of aliphatic hydroxyl groups excluding tert-OH is 1. The third-order valence-electron chi connectivity index (χ3n) is 6.26. The first-order valence-corrected chi connectivity index (χ1v) is 12.5. The van der Waals surface area contributed by atoms with Crippen molar-refractivity contribution in [3.8, 4) is 16.9 Å². The molecule has 0 unspecified atom stereocenters. The van der Waals surface area contributed by atoms with Gasteiger partial charge in [0.15, 0.2) is 0 Å². The molecule has 1 heterocycles. The van der Waals surface area contributed by atoms with E-state index < -0.39 is 11.9 Å². The van der Waals surface area contributed by atoms with Crippen LogP contribution in [0.1, 0.15) is 39.6 Å². The van der Waals surface area contributed by atoms with Crippen molar-refractivity contribution in [2.45, 2.75) is 25.8 Å². The van der Waals surface area contributed by atoms with E-state index in [9.17, 15) is 14.7 Å².